The van der Waals surface area contributed by atoms with Gasteiger partial charge in [0.2, 0.25) is 0 Å². The second-order valence-corrected chi connectivity index (χ2v) is 7.47. The average Bonchev–Trinajstić information content (AvgIpc) is 3.28. The minimum atomic E-state index is 0.492. The molecule has 0 aliphatic rings. The van der Waals surface area contributed by atoms with Crippen LogP contribution in [0, 0.1) is 0 Å². The fraction of sp³-hybridized carbons (Fsp3) is 0.120. The molecule has 4 aromatic rings. The van der Waals surface area contributed by atoms with Crippen molar-refractivity contribution in [1.82, 2.24) is 15.1 Å². The minimum absolute atomic E-state index is 0.492. The van der Waals surface area contributed by atoms with Crippen molar-refractivity contribution in [2.24, 2.45) is 0 Å². The van der Waals surface area contributed by atoms with E-state index < -0.39 is 0 Å². The molecule has 0 unspecified atom stereocenters. The van der Waals surface area contributed by atoms with Crippen LogP contribution in [0.1, 0.15) is 5.56 Å². The summed E-state index contributed by atoms with van der Waals surface area (Å²) in [5.74, 6) is 1.37. The molecule has 0 radical (unpaired) electrons. The molecule has 0 bridgehead atoms. The maximum Gasteiger partial charge on any atom is 0.171 e. The van der Waals surface area contributed by atoms with Crippen LogP contribution in [0.2, 0.25) is 0 Å². The van der Waals surface area contributed by atoms with Crippen molar-refractivity contribution in [2.45, 2.75) is 6.54 Å². The SMILES string of the molecule is COc1cc(NC(=S)NCc2cn(-c3ccccc3)nc2-c2ccccc2)cc(OC)c1. The minimum Gasteiger partial charge on any atom is -0.497 e. The van der Waals surface area contributed by atoms with Crippen LogP contribution in [0.4, 0.5) is 5.69 Å². The Kier molecular flexibility index (Phi) is 6.67. The number of methoxy groups -OCH3 is 2. The number of para-hydroxylation sites is 1. The normalized spacial score (nSPS) is 10.4. The van der Waals surface area contributed by atoms with Gasteiger partial charge in [0, 0.05) is 47.8 Å². The van der Waals surface area contributed by atoms with E-state index in [9.17, 15) is 0 Å². The summed E-state index contributed by atoms with van der Waals surface area (Å²) in [6.45, 7) is 0.518. The van der Waals surface area contributed by atoms with Gasteiger partial charge in [-0.1, -0.05) is 48.5 Å². The molecule has 7 heteroatoms. The summed E-state index contributed by atoms with van der Waals surface area (Å²) in [7, 11) is 3.23. The quantitative estimate of drug-likeness (QED) is 0.389. The third-order valence-electron chi connectivity index (χ3n) is 4.91. The Morgan fingerprint density at radius 3 is 2.16 bits per heavy atom. The Labute approximate surface area is 192 Å². The summed E-state index contributed by atoms with van der Waals surface area (Å²) < 4.78 is 12.5. The summed E-state index contributed by atoms with van der Waals surface area (Å²) >= 11 is 5.52. The van der Waals surface area contributed by atoms with Crippen molar-refractivity contribution in [3.63, 3.8) is 0 Å². The molecule has 0 spiro atoms. The maximum absolute atomic E-state index is 5.52. The number of rotatable bonds is 7. The maximum atomic E-state index is 5.52. The van der Waals surface area contributed by atoms with Gasteiger partial charge in [0.15, 0.2) is 5.11 Å². The number of hydrogen-bond donors (Lipinski definition) is 2. The van der Waals surface area contributed by atoms with Gasteiger partial charge in [0.05, 0.1) is 25.6 Å². The third-order valence-corrected chi connectivity index (χ3v) is 5.15. The largest absolute Gasteiger partial charge is 0.497 e. The van der Waals surface area contributed by atoms with E-state index in [0.29, 0.717) is 23.2 Å². The summed E-state index contributed by atoms with van der Waals surface area (Å²) in [6.07, 6.45) is 2.03. The third kappa shape index (κ3) is 5.07. The van der Waals surface area contributed by atoms with Crippen molar-refractivity contribution in [3.05, 3.63) is 90.6 Å². The molecule has 6 nitrogen and oxygen atoms in total. The first kappa shape index (κ1) is 21.4. The van der Waals surface area contributed by atoms with Gasteiger partial charge in [-0.25, -0.2) is 4.68 Å². The lowest BCUT2D eigenvalue weighted by atomic mass is 10.1. The summed E-state index contributed by atoms with van der Waals surface area (Å²) in [5.41, 5.74) is 4.78. The molecule has 1 heterocycles. The molecule has 3 aromatic carbocycles. The molecule has 0 saturated carbocycles. The second-order valence-electron chi connectivity index (χ2n) is 7.06. The lowest BCUT2D eigenvalue weighted by molar-refractivity contribution is 0.395. The van der Waals surface area contributed by atoms with Crippen LogP contribution in [0.3, 0.4) is 0 Å². The lowest BCUT2D eigenvalue weighted by Gasteiger charge is -2.13. The molecule has 162 valence electrons. The van der Waals surface area contributed by atoms with Crippen LogP contribution < -0.4 is 20.1 Å². The number of ether oxygens (including phenoxy) is 2. The Morgan fingerprint density at radius 2 is 1.53 bits per heavy atom. The van der Waals surface area contributed by atoms with E-state index in [-0.39, 0.29) is 0 Å². The van der Waals surface area contributed by atoms with Crippen LogP contribution in [-0.2, 0) is 6.54 Å². The highest BCUT2D eigenvalue weighted by atomic mass is 32.1. The molecule has 0 aliphatic carbocycles. The summed E-state index contributed by atoms with van der Waals surface area (Å²) in [4.78, 5) is 0. The number of nitrogens with zero attached hydrogens (tertiary/aromatic N) is 2. The first-order chi connectivity index (χ1) is 15.7. The van der Waals surface area contributed by atoms with Crippen LogP contribution in [0.5, 0.6) is 11.5 Å². The molecule has 2 N–H and O–H groups in total. The number of hydrogen-bond acceptors (Lipinski definition) is 4. The smallest absolute Gasteiger partial charge is 0.171 e. The molecule has 0 fully saturated rings. The number of aromatic nitrogens is 2. The zero-order valence-corrected chi connectivity index (χ0v) is 18.7. The second kappa shape index (κ2) is 9.98. The zero-order chi connectivity index (χ0) is 22.3. The molecule has 0 atom stereocenters. The van der Waals surface area contributed by atoms with Crippen molar-refractivity contribution in [2.75, 3.05) is 19.5 Å². The standard InChI is InChI=1S/C25H24N4O2S/c1-30-22-13-20(14-23(15-22)31-2)27-25(32)26-16-19-17-29(21-11-7-4-8-12-21)28-24(19)18-9-5-3-6-10-18/h3-15,17H,16H2,1-2H3,(H2,26,27,32). The first-order valence-corrected chi connectivity index (χ1v) is 10.5. The predicted molar refractivity (Wildman–Crippen MR) is 132 cm³/mol. The molecule has 32 heavy (non-hydrogen) atoms. The highest BCUT2D eigenvalue weighted by molar-refractivity contribution is 7.80. The van der Waals surface area contributed by atoms with E-state index in [1.165, 1.54) is 0 Å². The Hall–Kier alpha value is -3.84. The summed E-state index contributed by atoms with van der Waals surface area (Å²) in [5, 5.41) is 11.8. The molecular formula is C25H24N4O2S. The molecule has 4 rings (SSSR count). The number of benzene rings is 3. The van der Waals surface area contributed by atoms with Crippen LogP contribution in [0.25, 0.3) is 16.9 Å². The van der Waals surface area contributed by atoms with Gasteiger partial charge in [-0.3, -0.25) is 0 Å². The number of nitrogens with one attached hydrogen (secondary N) is 2. The van der Waals surface area contributed by atoms with E-state index in [2.05, 4.69) is 22.8 Å². The van der Waals surface area contributed by atoms with Crippen molar-refractivity contribution in [1.29, 1.82) is 0 Å². The van der Waals surface area contributed by atoms with E-state index >= 15 is 0 Å². The summed E-state index contributed by atoms with van der Waals surface area (Å²) in [6, 6.07) is 25.7. The monoisotopic (exact) mass is 444 g/mol. The van der Waals surface area contributed by atoms with Crippen molar-refractivity contribution in [3.8, 4) is 28.4 Å². The predicted octanol–water partition coefficient (Wildman–Crippen LogP) is 5.04. The van der Waals surface area contributed by atoms with Crippen molar-refractivity contribution < 1.29 is 9.47 Å². The topological polar surface area (TPSA) is 60.3 Å². The molecular weight excluding hydrogens is 420 g/mol. The van der Waals surface area contributed by atoms with E-state index in [4.69, 9.17) is 26.8 Å². The van der Waals surface area contributed by atoms with Crippen LogP contribution in [-0.4, -0.2) is 29.1 Å². The number of anilines is 1. The molecule has 0 aliphatic heterocycles. The van der Waals surface area contributed by atoms with E-state index in [1.54, 1.807) is 14.2 Å². The zero-order valence-electron chi connectivity index (χ0n) is 17.9. The van der Waals surface area contributed by atoms with Gasteiger partial charge in [-0.05, 0) is 24.4 Å². The number of thiocarbonyl (C=S) groups is 1. The van der Waals surface area contributed by atoms with Gasteiger partial charge < -0.3 is 20.1 Å². The van der Waals surface area contributed by atoms with Gasteiger partial charge in [-0.15, -0.1) is 0 Å². The first-order valence-electron chi connectivity index (χ1n) is 10.1. The highest BCUT2D eigenvalue weighted by Crippen LogP contribution is 2.26. The fourth-order valence-electron chi connectivity index (χ4n) is 3.32. The fourth-order valence-corrected chi connectivity index (χ4v) is 3.51. The van der Waals surface area contributed by atoms with Crippen molar-refractivity contribution >= 4 is 23.0 Å². The van der Waals surface area contributed by atoms with Crippen LogP contribution in [0.15, 0.2) is 85.1 Å². The Morgan fingerprint density at radius 1 is 0.906 bits per heavy atom. The van der Waals surface area contributed by atoms with Gasteiger partial charge >= 0.3 is 0 Å². The molecule has 0 saturated heterocycles. The van der Waals surface area contributed by atoms with Gasteiger partial charge in [0.1, 0.15) is 11.5 Å². The molecule has 0 amide bonds. The highest BCUT2D eigenvalue weighted by Gasteiger charge is 2.13. The van der Waals surface area contributed by atoms with E-state index in [0.717, 1.165) is 28.2 Å². The van der Waals surface area contributed by atoms with Gasteiger partial charge in [-0.2, -0.15) is 5.10 Å². The van der Waals surface area contributed by atoms with Crippen LogP contribution >= 0.6 is 12.2 Å². The van der Waals surface area contributed by atoms with E-state index in [1.807, 2.05) is 77.6 Å². The molecule has 1 aromatic heterocycles. The average molecular weight is 445 g/mol. The Bertz CT molecular complexity index is 1170. The Balaban J connectivity index is 1.53. The lowest BCUT2D eigenvalue weighted by Crippen LogP contribution is -2.28. The van der Waals surface area contributed by atoms with Gasteiger partial charge in [0.25, 0.3) is 0 Å².